The van der Waals surface area contributed by atoms with Crippen molar-refractivity contribution in [2.24, 2.45) is 0 Å². The van der Waals surface area contributed by atoms with Crippen molar-refractivity contribution in [3.8, 4) is 0 Å². The SMILES string of the molecule is CC[C@H]1CN(Cc2nc(C)c3ccccc3n2)CCN1C[C@H](C)O. The molecular formula is C19H28N4O. The van der Waals surface area contributed by atoms with Gasteiger partial charge in [0.2, 0.25) is 0 Å². The van der Waals surface area contributed by atoms with Gasteiger partial charge in [-0.3, -0.25) is 9.80 Å². The van der Waals surface area contributed by atoms with Gasteiger partial charge in [-0.05, 0) is 26.3 Å². The molecule has 0 aliphatic carbocycles. The van der Waals surface area contributed by atoms with Crippen LogP contribution in [0.25, 0.3) is 10.9 Å². The summed E-state index contributed by atoms with van der Waals surface area (Å²) in [5.74, 6) is 0.907. The number of aliphatic hydroxyl groups excluding tert-OH is 1. The highest BCUT2D eigenvalue weighted by molar-refractivity contribution is 5.80. The van der Waals surface area contributed by atoms with E-state index in [2.05, 4.69) is 35.8 Å². The normalized spacial score (nSPS) is 21.2. The van der Waals surface area contributed by atoms with Crippen molar-refractivity contribution < 1.29 is 5.11 Å². The highest BCUT2D eigenvalue weighted by Crippen LogP contribution is 2.18. The van der Waals surface area contributed by atoms with Crippen molar-refractivity contribution in [3.05, 3.63) is 35.8 Å². The molecule has 5 nitrogen and oxygen atoms in total. The van der Waals surface area contributed by atoms with Gasteiger partial charge in [-0.1, -0.05) is 25.1 Å². The van der Waals surface area contributed by atoms with Crippen LogP contribution in [0.2, 0.25) is 0 Å². The molecular weight excluding hydrogens is 300 g/mol. The molecule has 1 aliphatic rings. The van der Waals surface area contributed by atoms with E-state index in [0.717, 1.165) is 61.6 Å². The van der Waals surface area contributed by atoms with Crippen LogP contribution in [-0.2, 0) is 6.54 Å². The number of aryl methyl sites for hydroxylation is 1. The summed E-state index contributed by atoms with van der Waals surface area (Å²) in [5, 5.41) is 10.8. The number of piperazine rings is 1. The number of aromatic nitrogens is 2. The minimum atomic E-state index is -0.267. The summed E-state index contributed by atoms with van der Waals surface area (Å²) >= 11 is 0. The van der Waals surface area contributed by atoms with Crippen LogP contribution in [0.15, 0.2) is 24.3 Å². The fraction of sp³-hybridized carbons (Fsp3) is 0.579. The number of rotatable bonds is 5. The summed E-state index contributed by atoms with van der Waals surface area (Å²) in [6.07, 6.45) is 0.831. The average molecular weight is 328 g/mol. The van der Waals surface area contributed by atoms with Gasteiger partial charge < -0.3 is 5.11 Å². The molecule has 0 spiro atoms. The Hall–Kier alpha value is -1.56. The van der Waals surface area contributed by atoms with Crippen molar-refractivity contribution in [3.63, 3.8) is 0 Å². The smallest absolute Gasteiger partial charge is 0.143 e. The Labute approximate surface area is 144 Å². The average Bonchev–Trinajstić information content (AvgIpc) is 2.56. The predicted octanol–water partition coefficient (Wildman–Crippen LogP) is 2.22. The molecule has 24 heavy (non-hydrogen) atoms. The second-order valence-electron chi connectivity index (χ2n) is 6.88. The van der Waals surface area contributed by atoms with Gasteiger partial charge in [-0.15, -0.1) is 0 Å². The molecule has 0 bridgehead atoms. The fourth-order valence-electron chi connectivity index (χ4n) is 3.63. The fourth-order valence-corrected chi connectivity index (χ4v) is 3.63. The summed E-state index contributed by atoms with van der Waals surface area (Å²) < 4.78 is 0. The third-order valence-electron chi connectivity index (χ3n) is 4.86. The maximum Gasteiger partial charge on any atom is 0.143 e. The molecule has 1 aliphatic heterocycles. The van der Waals surface area contributed by atoms with Gasteiger partial charge in [0.05, 0.1) is 18.2 Å². The van der Waals surface area contributed by atoms with E-state index >= 15 is 0 Å². The standard InChI is InChI=1S/C19H28N4O/c1-4-16-12-22(9-10-23(16)11-14(2)24)13-19-20-15(3)17-7-5-6-8-18(17)21-19/h5-8,14,16,24H,4,9-13H2,1-3H3/t14-,16-/m0/s1. The minimum absolute atomic E-state index is 0.267. The molecule has 130 valence electrons. The van der Waals surface area contributed by atoms with E-state index in [1.54, 1.807) is 0 Å². The van der Waals surface area contributed by atoms with Crippen molar-refractivity contribution in [2.45, 2.75) is 45.9 Å². The Balaban J connectivity index is 1.70. The maximum absolute atomic E-state index is 9.67. The van der Waals surface area contributed by atoms with Gasteiger partial charge in [0.15, 0.2) is 0 Å². The first-order valence-corrected chi connectivity index (χ1v) is 8.93. The van der Waals surface area contributed by atoms with Crippen LogP contribution in [-0.4, -0.2) is 63.2 Å². The lowest BCUT2D eigenvalue weighted by atomic mass is 10.1. The van der Waals surface area contributed by atoms with Gasteiger partial charge in [0, 0.05) is 43.3 Å². The zero-order valence-corrected chi connectivity index (χ0v) is 14.9. The summed E-state index contributed by atoms with van der Waals surface area (Å²) in [5.41, 5.74) is 2.08. The molecule has 0 radical (unpaired) electrons. The molecule has 1 fully saturated rings. The largest absolute Gasteiger partial charge is 0.392 e. The van der Waals surface area contributed by atoms with Crippen LogP contribution in [0.3, 0.4) is 0 Å². The Morgan fingerprint density at radius 1 is 1.25 bits per heavy atom. The number of β-amino-alcohol motifs (C(OH)–C–C–N with tert-alkyl or cyclic N) is 1. The quantitative estimate of drug-likeness (QED) is 0.912. The topological polar surface area (TPSA) is 52.5 Å². The lowest BCUT2D eigenvalue weighted by Crippen LogP contribution is -2.54. The second kappa shape index (κ2) is 7.55. The first-order chi connectivity index (χ1) is 11.6. The number of hydrogen-bond acceptors (Lipinski definition) is 5. The molecule has 0 unspecified atom stereocenters. The molecule has 1 aromatic carbocycles. The van der Waals surface area contributed by atoms with E-state index in [0.29, 0.717) is 6.04 Å². The van der Waals surface area contributed by atoms with Crippen molar-refractivity contribution in [2.75, 3.05) is 26.2 Å². The Kier molecular flexibility index (Phi) is 5.43. The lowest BCUT2D eigenvalue weighted by molar-refractivity contribution is 0.0329. The van der Waals surface area contributed by atoms with Gasteiger partial charge >= 0.3 is 0 Å². The zero-order chi connectivity index (χ0) is 17.1. The molecule has 1 N–H and O–H groups in total. The van der Waals surface area contributed by atoms with Crippen LogP contribution in [0, 0.1) is 6.92 Å². The first kappa shape index (κ1) is 17.3. The van der Waals surface area contributed by atoms with Crippen LogP contribution >= 0.6 is 0 Å². The van der Waals surface area contributed by atoms with Crippen LogP contribution < -0.4 is 0 Å². The van der Waals surface area contributed by atoms with E-state index in [1.807, 2.05) is 19.1 Å². The monoisotopic (exact) mass is 328 g/mol. The summed E-state index contributed by atoms with van der Waals surface area (Å²) in [4.78, 5) is 14.3. The highest BCUT2D eigenvalue weighted by atomic mass is 16.3. The Morgan fingerprint density at radius 2 is 2.04 bits per heavy atom. The van der Waals surface area contributed by atoms with E-state index in [1.165, 1.54) is 0 Å². The zero-order valence-electron chi connectivity index (χ0n) is 14.9. The number of hydrogen-bond donors (Lipinski definition) is 1. The number of benzene rings is 1. The van der Waals surface area contributed by atoms with Crippen molar-refractivity contribution in [1.82, 2.24) is 19.8 Å². The minimum Gasteiger partial charge on any atom is -0.392 e. The summed E-state index contributed by atoms with van der Waals surface area (Å²) in [7, 11) is 0. The third kappa shape index (κ3) is 3.91. The summed E-state index contributed by atoms with van der Waals surface area (Å²) in [6.45, 7) is 10.7. The van der Waals surface area contributed by atoms with Gasteiger partial charge in [0.1, 0.15) is 5.82 Å². The van der Waals surface area contributed by atoms with Crippen LogP contribution in [0.4, 0.5) is 0 Å². The second-order valence-corrected chi connectivity index (χ2v) is 6.88. The van der Waals surface area contributed by atoms with Crippen LogP contribution in [0.1, 0.15) is 31.8 Å². The van der Waals surface area contributed by atoms with Crippen LogP contribution in [0.5, 0.6) is 0 Å². The first-order valence-electron chi connectivity index (χ1n) is 8.93. The third-order valence-corrected chi connectivity index (χ3v) is 4.86. The van der Waals surface area contributed by atoms with E-state index in [9.17, 15) is 5.11 Å². The van der Waals surface area contributed by atoms with Crippen molar-refractivity contribution >= 4 is 10.9 Å². The Morgan fingerprint density at radius 3 is 2.79 bits per heavy atom. The molecule has 1 saturated heterocycles. The molecule has 0 amide bonds. The predicted molar refractivity (Wildman–Crippen MR) is 96.9 cm³/mol. The van der Waals surface area contributed by atoms with Gasteiger partial charge in [-0.25, -0.2) is 9.97 Å². The molecule has 3 rings (SSSR count). The number of para-hydroxylation sites is 1. The van der Waals surface area contributed by atoms with E-state index in [-0.39, 0.29) is 6.10 Å². The lowest BCUT2D eigenvalue weighted by Gasteiger charge is -2.41. The van der Waals surface area contributed by atoms with Crippen molar-refractivity contribution in [1.29, 1.82) is 0 Å². The highest BCUT2D eigenvalue weighted by Gasteiger charge is 2.26. The molecule has 2 heterocycles. The van der Waals surface area contributed by atoms with Gasteiger partial charge in [0.25, 0.3) is 0 Å². The van der Waals surface area contributed by atoms with E-state index < -0.39 is 0 Å². The Bertz CT molecular complexity index is 688. The molecule has 5 heteroatoms. The van der Waals surface area contributed by atoms with E-state index in [4.69, 9.17) is 9.97 Å². The number of aliphatic hydroxyl groups is 1. The molecule has 1 aromatic heterocycles. The molecule has 2 atom stereocenters. The molecule has 0 saturated carbocycles. The number of fused-ring (bicyclic) bond motifs is 1. The molecule has 2 aromatic rings. The van der Waals surface area contributed by atoms with Gasteiger partial charge in [-0.2, -0.15) is 0 Å². The number of nitrogens with zero attached hydrogens (tertiary/aromatic N) is 4. The summed E-state index contributed by atoms with van der Waals surface area (Å²) in [6, 6.07) is 8.70. The maximum atomic E-state index is 9.67.